The maximum atomic E-state index is 13.5. The van der Waals surface area contributed by atoms with E-state index in [1.165, 1.54) is 0 Å². The van der Waals surface area contributed by atoms with Crippen LogP contribution in [0, 0.1) is 0 Å². The number of fused-ring (bicyclic) bond motifs is 4. The zero-order valence-electron chi connectivity index (χ0n) is 16.1. The molecule has 1 aromatic heterocycles. The van der Waals surface area contributed by atoms with Crippen LogP contribution in [0.4, 0.5) is 0 Å². The summed E-state index contributed by atoms with van der Waals surface area (Å²) in [6, 6.07) is 19.8. The molecule has 144 valence electrons. The monoisotopic (exact) mass is 384 g/mol. The van der Waals surface area contributed by atoms with E-state index in [9.17, 15) is 4.79 Å². The summed E-state index contributed by atoms with van der Waals surface area (Å²) in [6.07, 6.45) is 1.74. The van der Waals surface area contributed by atoms with E-state index < -0.39 is 0 Å². The zero-order valence-corrected chi connectivity index (χ0v) is 16.1. The van der Waals surface area contributed by atoms with Crippen molar-refractivity contribution < 1.29 is 14.3 Å². The Balaban J connectivity index is 1.55. The van der Waals surface area contributed by atoms with Crippen molar-refractivity contribution >= 4 is 27.6 Å². The minimum Gasteiger partial charge on any atom is -0.454 e. The molecule has 2 heterocycles. The predicted octanol–water partition coefficient (Wildman–Crippen LogP) is 4.78. The summed E-state index contributed by atoms with van der Waals surface area (Å²) in [5.74, 6) is 1.44. The Morgan fingerprint density at radius 1 is 1.00 bits per heavy atom. The molecule has 0 saturated carbocycles. The third-order valence-corrected chi connectivity index (χ3v) is 5.32. The number of pyridine rings is 1. The average molecular weight is 384 g/mol. The van der Waals surface area contributed by atoms with E-state index in [0.717, 1.165) is 38.7 Å². The molecule has 1 aliphatic heterocycles. The number of amides is 1. The standard InChI is InChI=1S/C24H20N2O3/c1-2-26(14-16-9-10-21-22(12-16)29-15-28-21)24(27)20-13-17-6-3-4-7-18(17)19-8-5-11-25-23(19)20/h3-13H,2,14-15H2,1H3. The van der Waals surface area contributed by atoms with Gasteiger partial charge in [0.2, 0.25) is 6.79 Å². The first-order chi connectivity index (χ1) is 14.2. The molecule has 0 radical (unpaired) electrons. The summed E-state index contributed by atoms with van der Waals surface area (Å²) in [6.45, 7) is 3.31. The summed E-state index contributed by atoms with van der Waals surface area (Å²) in [5.41, 5.74) is 2.37. The van der Waals surface area contributed by atoms with Crippen LogP contribution in [0.2, 0.25) is 0 Å². The first kappa shape index (κ1) is 17.5. The van der Waals surface area contributed by atoms with Crippen LogP contribution in [-0.4, -0.2) is 29.1 Å². The summed E-state index contributed by atoms with van der Waals surface area (Å²) < 4.78 is 10.8. The summed E-state index contributed by atoms with van der Waals surface area (Å²) >= 11 is 0. The van der Waals surface area contributed by atoms with Gasteiger partial charge in [-0.25, -0.2) is 0 Å². The van der Waals surface area contributed by atoms with Gasteiger partial charge in [0.05, 0.1) is 11.1 Å². The van der Waals surface area contributed by atoms with Crippen LogP contribution >= 0.6 is 0 Å². The number of ether oxygens (including phenoxy) is 2. The van der Waals surface area contributed by atoms with E-state index in [1.807, 2.05) is 66.4 Å². The molecule has 5 nitrogen and oxygen atoms in total. The number of nitrogens with zero attached hydrogens (tertiary/aromatic N) is 2. The molecule has 0 aliphatic carbocycles. The number of benzene rings is 3. The van der Waals surface area contributed by atoms with E-state index in [4.69, 9.17) is 9.47 Å². The van der Waals surface area contributed by atoms with Crippen molar-refractivity contribution in [1.29, 1.82) is 0 Å². The van der Waals surface area contributed by atoms with E-state index in [-0.39, 0.29) is 12.7 Å². The smallest absolute Gasteiger partial charge is 0.256 e. The predicted molar refractivity (Wildman–Crippen MR) is 112 cm³/mol. The molecule has 29 heavy (non-hydrogen) atoms. The normalized spacial score (nSPS) is 12.4. The molecule has 1 amide bonds. The first-order valence-corrected chi connectivity index (χ1v) is 9.69. The number of carbonyl (C=O) groups is 1. The third-order valence-electron chi connectivity index (χ3n) is 5.32. The van der Waals surface area contributed by atoms with Crippen molar-refractivity contribution in [3.05, 3.63) is 78.0 Å². The molecule has 0 unspecified atom stereocenters. The molecular formula is C24H20N2O3. The fraction of sp³-hybridized carbons (Fsp3) is 0.167. The Morgan fingerprint density at radius 2 is 1.83 bits per heavy atom. The van der Waals surface area contributed by atoms with Gasteiger partial charge in [-0.3, -0.25) is 9.78 Å². The minimum absolute atomic E-state index is 0.0281. The van der Waals surface area contributed by atoms with Crippen molar-refractivity contribution in [2.24, 2.45) is 0 Å². The Bertz CT molecular complexity index is 1240. The lowest BCUT2D eigenvalue weighted by atomic mass is 10.00. The summed E-state index contributed by atoms with van der Waals surface area (Å²) in [7, 11) is 0. The van der Waals surface area contributed by atoms with Gasteiger partial charge in [-0.05, 0) is 47.5 Å². The molecule has 5 heteroatoms. The fourth-order valence-corrected chi connectivity index (χ4v) is 3.85. The van der Waals surface area contributed by atoms with Crippen LogP contribution in [0.5, 0.6) is 11.5 Å². The Kier molecular flexibility index (Phi) is 4.28. The van der Waals surface area contributed by atoms with Crippen LogP contribution in [0.3, 0.4) is 0 Å². The number of carbonyl (C=O) groups excluding carboxylic acids is 1. The van der Waals surface area contributed by atoms with Crippen molar-refractivity contribution in [3.8, 4) is 11.5 Å². The lowest BCUT2D eigenvalue weighted by Gasteiger charge is -2.22. The van der Waals surface area contributed by atoms with Crippen LogP contribution < -0.4 is 9.47 Å². The van der Waals surface area contributed by atoms with Crippen LogP contribution in [-0.2, 0) is 6.54 Å². The average Bonchev–Trinajstić information content (AvgIpc) is 3.24. The van der Waals surface area contributed by atoms with Gasteiger partial charge >= 0.3 is 0 Å². The Hall–Kier alpha value is -3.60. The highest BCUT2D eigenvalue weighted by Crippen LogP contribution is 2.33. The first-order valence-electron chi connectivity index (χ1n) is 9.69. The third kappa shape index (κ3) is 3.05. The SMILES string of the molecule is CCN(Cc1ccc2c(c1)OCO2)C(=O)c1cc2ccccc2c2cccnc12. The van der Waals surface area contributed by atoms with Crippen LogP contribution in [0.25, 0.3) is 21.7 Å². The largest absolute Gasteiger partial charge is 0.454 e. The van der Waals surface area contributed by atoms with Gasteiger partial charge in [-0.15, -0.1) is 0 Å². The second-order valence-electron chi connectivity index (χ2n) is 7.05. The van der Waals surface area contributed by atoms with Crippen molar-refractivity contribution in [3.63, 3.8) is 0 Å². The molecule has 0 saturated heterocycles. The van der Waals surface area contributed by atoms with E-state index in [2.05, 4.69) is 11.1 Å². The minimum atomic E-state index is -0.0281. The van der Waals surface area contributed by atoms with Crippen molar-refractivity contribution in [2.45, 2.75) is 13.5 Å². The zero-order chi connectivity index (χ0) is 19.8. The van der Waals surface area contributed by atoms with Crippen molar-refractivity contribution in [2.75, 3.05) is 13.3 Å². The maximum Gasteiger partial charge on any atom is 0.256 e. The molecule has 5 rings (SSSR count). The molecule has 4 aromatic rings. The molecule has 1 aliphatic rings. The number of rotatable bonds is 4. The maximum absolute atomic E-state index is 13.5. The Morgan fingerprint density at radius 3 is 2.72 bits per heavy atom. The molecule has 0 atom stereocenters. The molecule has 0 N–H and O–H groups in total. The fourth-order valence-electron chi connectivity index (χ4n) is 3.85. The second-order valence-corrected chi connectivity index (χ2v) is 7.05. The van der Waals surface area contributed by atoms with Gasteiger partial charge in [0.25, 0.3) is 5.91 Å². The highest BCUT2D eigenvalue weighted by Gasteiger charge is 2.21. The topological polar surface area (TPSA) is 51.7 Å². The molecule has 0 bridgehead atoms. The van der Waals surface area contributed by atoms with Gasteiger partial charge in [0.15, 0.2) is 11.5 Å². The van der Waals surface area contributed by atoms with E-state index in [1.54, 1.807) is 6.20 Å². The number of aromatic nitrogens is 1. The number of hydrogen-bond donors (Lipinski definition) is 0. The Labute approximate surface area is 168 Å². The van der Waals surface area contributed by atoms with E-state index in [0.29, 0.717) is 18.7 Å². The quantitative estimate of drug-likeness (QED) is 0.475. The van der Waals surface area contributed by atoms with E-state index >= 15 is 0 Å². The molecule has 0 spiro atoms. The van der Waals surface area contributed by atoms with Crippen LogP contribution in [0.15, 0.2) is 66.9 Å². The highest BCUT2D eigenvalue weighted by atomic mass is 16.7. The lowest BCUT2D eigenvalue weighted by molar-refractivity contribution is 0.0754. The van der Waals surface area contributed by atoms with Gasteiger partial charge in [-0.2, -0.15) is 0 Å². The van der Waals surface area contributed by atoms with Crippen molar-refractivity contribution in [1.82, 2.24) is 9.88 Å². The number of hydrogen-bond acceptors (Lipinski definition) is 4. The summed E-state index contributed by atoms with van der Waals surface area (Å²) in [5, 5.41) is 3.13. The highest BCUT2D eigenvalue weighted by molar-refractivity contribution is 6.15. The van der Waals surface area contributed by atoms with Crippen LogP contribution in [0.1, 0.15) is 22.8 Å². The second kappa shape index (κ2) is 7.09. The van der Waals surface area contributed by atoms with Gasteiger partial charge in [-0.1, -0.05) is 36.4 Å². The summed E-state index contributed by atoms with van der Waals surface area (Å²) in [4.78, 5) is 19.9. The molecular weight excluding hydrogens is 364 g/mol. The molecule has 3 aromatic carbocycles. The molecule has 0 fully saturated rings. The van der Waals surface area contributed by atoms with Gasteiger partial charge < -0.3 is 14.4 Å². The van der Waals surface area contributed by atoms with Gasteiger partial charge in [0.1, 0.15) is 0 Å². The lowest BCUT2D eigenvalue weighted by Crippen LogP contribution is -2.30. The van der Waals surface area contributed by atoms with Gasteiger partial charge in [0, 0.05) is 24.7 Å².